The van der Waals surface area contributed by atoms with Gasteiger partial charge in [0.15, 0.2) is 5.78 Å². The largest absolute Gasteiger partial charge is 0.346 e. The number of carbonyl (C=O) groups is 2. The minimum atomic E-state index is -3.84. The lowest BCUT2D eigenvalue weighted by Crippen LogP contribution is -2.26. The van der Waals surface area contributed by atoms with E-state index in [0.717, 1.165) is 11.3 Å². The van der Waals surface area contributed by atoms with Crippen molar-refractivity contribution in [1.82, 2.24) is 20.1 Å². The normalized spacial score (nSPS) is 12.1. The van der Waals surface area contributed by atoms with E-state index in [1.54, 1.807) is 23.1 Å². The van der Waals surface area contributed by atoms with Crippen LogP contribution in [0.15, 0.2) is 90.3 Å². The van der Waals surface area contributed by atoms with E-state index < -0.39 is 10.0 Å². The SMILES string of the molecule is CC(=O)c1ccc(S(=O)(=O)Nc2ccc(C(=O)NC(C)c3ccc(-n4cncn4)cc3)cc2)cc1. The van der Waals surface area contributed by atoms with Crippen LogP contribution in [-0.4, -0.2) is 34.9 Å². The Bertz CT molecular complexity index is 1430. The lowest BCUT2D eigenvalue weighted by atomic mass is 10.1. The van der Waals surface area contributed by atoms with Crippen LogP contribution in [0.25, 0.3) is 5.69 Å². The van der Waals surface area contributed by atoms with Crippen molar-refractivity contribution in [3.8, 4) is 5.69 Å². The first-order valence-corrected chi connectivity index (χ1v) is 12.2. The smallest absolute Gasteiger partial charge is 0.261 e. The molecule has 4 aromatic rings. The van der Waals surface area contributed by atoms with Gasteiger partial charge >= 0.3 is 0 Å². The first-order chi connectivity index (χ1) is 16.7. The van der Waals surface area contributed by atoms with E-state index in [0.29, 0.717) is 16.8 Å². The lowest BCUT2D eigenvalue weighted by Gasteiger charge is -2.15. The van der Waals surface area contributed by atoms with Crippen LogP contribution in [0.5, 0.6) is 0 Å². The summed E-state index contributed by atoms with van der Waals surface area (Å²) in [7, 11) is -3.84. The average Bonchev–Trinajstić information content (AvgIpc) is 3.39. The van der Waals surface area contributed by atoms with Crippen molar-refractivity contribution in [3.05, 3.63) is 102 Å². The second-order valence-electron chi connectivity index (χ2n) is 7.89. The zero-order chi connectivity index (χ0) is 25.0. The van der Waals surface area contributed by atoms with Crippen molar-refractivity contribution in [3.63, 3.8) is 0 Å². The van der Waals surface area contributed by atoms with E-state index >= 15 is 0 Å². The van der Waals surface area contributed by atoms with Gasteiger partial charge in [-0.2, -0.15) is 5.10 Å². The molecule has 0 bridgehead atoms. The molecule has 0 saturated heterocycles. The standard InChI is InChI=1S/C25H23N5O4S/c1-17(19-5-11-23(12-6-19)30-16-26-15-27-30)28-25(32)21-3-9-22(10-4-21)29-35(33,34)24-13-7-20(8-14-24)18(2)31/h3-17,29H,1-2H3,(H,28,32). The Balaban J connectivity index is 1.39. The molecule has 1 heterocycles. The van der Waals surface area contributed by atoms with Crippen molar-refractivity contribution in [1.29, 1.82) is 0 Å². The summed E-state index contributed by atoms with van der Waals surface area (Å²) in [4.78, 5) is 28.0. The van der Waals surface area contributed by atoms with Crippen LogP contribution in [0.1, 0.15) is 46.2 Å². The van der Waals surface area contributed by atoms with Gasteiger partial charge in [-0.05, 0) is 67.9 Å². The molecule has 0 aliphatic carbocycles. The Kier molecular flexibility index (Phi) is 6.74. The van der Waals surface area contributed by atoms with Crippen LogP contribution in [0.4, 0.5) is 5.69 Å². The van der Waals surface area contributed by atoms with E-state index in [1.165, 1.54) is 49.6 Å². The number of amides is 1. The van der Waals surface area contributed by atoms with Crippen LogP contribution in [0.2, 0.25) is 0 Å². The molecule has 1 atom stereocenters. The van der Waals surface area contributed by atoms with Crippen molar-refractivity contribution < 1.29 is 18.0 Å². The van der Waals surface area contributed by atoms with Gasteiger partial charge in [0.1, 0.15) is 12.7 Å². The number of Topliss-reactive ketones (excluding diaryl/α,β-unsaturated/α-hetero) is 1. The van der Waals surface area contributed by atoms with E-state index in [1.807, 2.05) is 31.2 Å². The lowest BCUT2D eigenvalue weighted by molar-refractivity contribution is 0.0939. The number of sulfonamides is 1. The fourth-order valence-electron chi connectivity index (χ4n) is 3.39. The molecule has 1 aromatic heterocycles. The van der Waals surface area contributed by atoms with Crippen LogP contribution in [-0.2, 0) is 10.0 Å². The van der Waals surface area contributed by atoms with E-state index in [4.69, 9.17) is 0 Å². The van der Waals surface area contributed by atoms with Crippen LogP contribution in [0, 0.1) is 0 Å². The fraction of sp³-hybridized carbons (Fsp3) is 0.120. The maximum Gasteiger partial charge on any atom is 0.261 e. The third kappa shape index (κ3) is 5.61. The summed E-state index contributed by atoms with van der Waals surface area (Å²) in [6, 6.07) is 19.2. The Hall–Kier alpha value is -4.31. The first-order valence-electron chi connectivity index (χ1n) is 10.7. The summed E-state index contributed by atoms with van der Waals surface area (Å²) in [6.45, 7) is 3.29. The maximum atomic E-state index is 12.7. The summed E-state index contributed by atoms with van der Waals surface area (Å²) in [5, 5.41) is 7.02. The number of nitrogens with zero attached hydrogens (tertiary/aromatic N) is 3. The van der Waals surface area contributed by atoms with Gasteiger partial charge < -0.3 is 5.32 Å². The van der Waals surface area contributed by atoms with E-state index in [-0.39, 0.29) is 22.6 Å². The number of rotatable bonds is 8. The molecular formula is C25H23N5O4S. The van der Waals surface area contributed by atoms with Crippen molar-refractivity contribution in [2.45, 2.75) is 24.8 Å². The summed E-state index contributed by atoms with van der Waals surface area (Å²) in [5.74, 6) is -0.430. The number of aromatic nitrogens is 3. The molecule has 3 aromatic carbocycles. The second-order valence-corrected chi connectivity index (χ2v) is 9.57. The molecular weight excluding hydrogens is 466 g/mol. The number of carbonyl (C=O) groups excluding carboxylic acids is 2. The van der Waals surface area contributed by atoms with Crippen LogP contribution < -0.4 is 10.0 Å². The summed E-state index contributed by atoms with van der Waals surface area (Å²) in [5.41, 5.74) is 2.92. The van der Waals surface area contributed by atoms with Crippen LogP contribution >= 0.6 is 0 Å². The Morgan fingerprint density at radius 1 is 0.886 bits per heavy atom. The van der Waals surface area contributed by atoms with Gasteiger partial charge in [0.2, 0.25) is 0 Å². The maximum absolute atomic E-state index is 12.7. The highest BCUT2D eigenvalue weighted by molar-refractivity contribution is 7.92. The summed E-state index contributed by atoms with van der Waals surface area (Å²) in [6.07, 6.45) is 3.06. The first kappa shape index (κ1) is 23.8. The highest BCUT2D eigenvalue weighted by atomic mass is 32.2. The molecule has 1 unspecified atom stereocenters. The highest BCUT2D eigenvalue weighted by Gasteiger charge is 2.16. The topological polar surface area (TPSA) is 123 Å². The molecule has 0 aliphatic heterocycles. The van der Waals surface area contributed by atoms with Gasteiger partial charge in [-0.25, -0.2) is 18.1 Å². The molecule has 35 heavy (non-hydrogen) atoms. The molecule has 0 spiro atoms. The molecule has 10 heteroatoms. The summed E-state index contributed by atoms with van der Waals surface area (Å²) < 4.78 is 29.4. The molecule has 2 N–H and O–H groups in total. The molecule has 0 fully saturated rings. The number of anilines is 1. The molecule has 0 saturated carbocycles. The predicted molar refractivity (Wildman–Crippen MR) is 131 cm³/mol. The third-order valence-electron chi connectivity index (χ3n) is 5.39. The second kappa shape index (κ2) is 9.90. The van der Waals surface area contributed by atoms with Gasteiger partial charge in [0, 0.05) is 16.8 Å². The third-order valence-corrected chi connectivity index (χ3v) is 6.79. The molecule has 0 aliphatic rings. The number of nitrogens with one attached hydrogen (secondary N) is 2. The molecule has 1 amide bonds. The fourth-order valence-corrected chi connectivity index (χ4v) is 4.45. The van der Waals surface area contributed by atoms with E-state index in [2.05, 4.69) is 20.1 Å². The van der Waals surface area contributed by atoms with Crippen molar-refractivity contribution >= 4 is 27.4 Å². The summed E-state index contributed by atoms with van der Waals surface area (Å²) >= 11 is 0. The Labute approximate surface area is 202 Å². The number of hydrogen-bond donors (Lipinski definition) is 2. The number of benzene rings is 3. The quantitative estimate of drug-likeness (QED) is 0.363. The highest BCUT2D eigenvalue weighted by Crippen LogP contribution is 2.19. The molecule has 178 valence electrons. The zero-order valence-corrected chi connectivity index (χ0v) is 19.9. The Morgan fingerprint density at radius 2 is 1.51 bits per heavy atom. The molecule has 0 radical (unpaired) electrons. The van der Waals surface area contributed by atoms with Crippen molar-refractivity contribution in [2.24, 2.45) is 0 Å². The molecule has 4 rings (SSSR count). The number of ketones is 1. The van der Waals surface area contributed by atoms with Gasteiger partial charge in [0.25, 0.3) is 15.9 Å². The van der Waals surface area contributed by atoms with Gasteiger partial charge in [-0.3, -0.25) is 14.3 Å². The molecule has 9 nitrogen and oxygen atoms in total. The average molecular weight is 490 g/mol. The van der Waals surface area contributed by atoms with E-state index in [9.17, 15) is 18.0 Å². The van der Waals surface area contributed by atoms with Crippen molar-refractivity contribution in [2.75, 3.05) is 4.72 Å². The van der Waals surface area contributed by atoms with Gasteiger partial charge in [-0.15, -0.1) is 0 Å². The number of hydrogen-bond acceptors (Lipinski definition) is 6. The Morgan fingerprint density at radius 3 is 2.09 bits per heavy atom. The van der Waals surface area contributed by atoms with Crippen LogP contribution in [0.3, 0.4) is 0 Å². The zero-order valence-electron chi connectivity index (χ0n) is 19.0. The van der Waals surface area contributed by atoms with Gasteiger partial charge in [-0.1, -0.05) is 24.3 Å². The predicted octanol–water partition coefficient (Wildman–Crippen LogP) is 3.76. The monoisotopic (exact) mass is 489 g/mol. The minimum Gasteiger partial charge on any atom is -0.346 e. The van der Waals surface area contributed by atoms with Gasteiger partial charge in [0.05, 0.1) is 16.6 Å². The minimum absolute atomic E-state index is 0.0352.